The van der Waals surface area contributed by atoms with Crippen molar-refractivity contribution < 1.29 is 4.79 Å². The third-order valence-electron chi connectivity index (χ3n) is 3.42. The number of aromatic nitrogens is 3. The molecular weight excluding hydrogens is 359 g/mol. The van der Waals surface area contributed by atoms with Crippen molar-refractivity contribution in [3.05, 3.63) is 82.5 Å². The van der Waals surface area contributed by atoms with E-state index in [4.69, 9.17) is 23.2 Å². The fourth-order valence-electron chi connectivity index (χ4n) is 2.10. The minimum absolute atomic E-state index is 0.204. The summed E-state index contributed by atoms with van der Waals surface area (Å²) < 4.78 is 1.81. The van der Waals surface area contributed by atoms with E-state index in [1.54, 1.807) is 43.0 Å². The number of hydrogen-bond acceptors (Lipinski definition) is 3. The Balaban J connectivity index is 1.55. The molecule has 0 saturated carbocycles. The summed E-state index contributed by atoms with van der Waals surface area (Å²) in [4.78, 5) is 20.2. The van der Waals surface area contributed by atoms with Gasteiger partial charge < -0.3 is 5.32 Å². The molecule has 0 fully saturated rings. The van der Waals surface area contributed by atoms with Gasteiger partial charge in [-0.3, -0.25) is 9.36 Å². The van der Waals surface area contributed by atoms with Crippen LogP contribution in [0.15, 0.2) is 61.3 Å². The summed E-state index contributed by atoms with van der Waals surface area (Å²) in [5, 5.41) is 3.74. The molecule has 0 aliphatic heterocycles. The summed E-state index contributed by atoms with van der Waals surface area (Å²) in [7, 11) is 0. The van der Waals surface area contributed by atoms with Crippen LogP contribution in [0.1, 0.15) is 11.1 Å². The molecule has 0 unspecified atom stereocenters. The monoisotopic (exact) mass is 372 g/mol. The van der Waals surface area contributed by atoms with E-state index in [9.17, 15) is 4.79 Å². The predicted molar refractivity (Wildman–Crippen MR) is 98.7 cm³/mol. The SMILES string of the molecule is O=C(/C=C/c1ccc(Cl)c(Cl)c1)NCc1ccc(-n2ccnc2)nc1. The van der Waals surface area contributed by atoms with E-state index < -0.39 is 0 Å². The van der Waals surface area contributed by atoms with Crippen LogP contribution in [0.25, 0.3) is 11.9 Å². The second-order valence-electron chi connectivity index (χ2n) is 5.22. The molecule has 0 saturated heterocycles. The lowest BCUT2D eigenvalue weighted by Gasteiger charge is -2.05. The van der Waals surface area contributed by atoms with Crippen LogP contribution < -0.4 is 5.32 Å². The quantitative estimate of drug-likeness (QED) is 0.690. The van der Waals surface area contributed by atoms with E-state index >= 15 is 0 Å². The Morgan fingerprint density at radius 3 is 2.76 bits per heavy atom. The van der Waals surface area contributed by atoms with Crippen LogP contribution >= 0.6 is 23.2 Å². The van der Waals surface area contributed by atoms with Crippen LogP contribution in [0.2, 0.25) is 10.0 Å². The van der Waals surface area contributed by atoms with Crippen LogP contribution in [0, 0.1) is 0 Å². The molecule has 7 heteroatoms. The molecule has 0 aliphatic rings. The molecular formula is C18H14Cl2N4O. The van der Waals surface area contributed by atoms with Gasteiger partial charge in [0.2, 0.25) is 5.91 Å². The van der Waals surface area contributed by atoms with Gasteiger partial charge in [-0.05, 0) is 35.4 Å². The average molecular weight is 373 g/mol. The molecule has 0 aliphatic carbocycles. The normalized spacial score (nSPS) is 11.0. The number of nitrogens with one attached hydrogen (secondary N) is 1. The first kappa shape index (κ1) is 17.2. The smallest absolute Gasteiger partial charge is 0.244 e. The summed E-state index contributed by atoms with van der Waals surface area (Å²) in [5.41, 5.74) is 1.70. The topological polar surface area (TPSA) is 59.8 Å². The van der Waals surface area contributed by atoms with Gasteiger partial charge in [0.1, 0.15) is 12.1 Å². The van der Waals surface area contributed by atoms with E-state index in [2.05, 4.69) is 15.3 Å². The van der Waals surface area contributed by atoms with Crippen LogP contribution in [0.4, 0.5) is 0 Å². The highest BCUT2D eigenvalue weighted by atomic mass is 35.5. The van der Waals surface area contributed by atoms with Crippen LogP contribution in [0.3, 0.4) is 0 Å². The molecule has 3 rings (SSSR count). The molecule has 2 heterocycles. The zero-order valence-corrected chi connectivity index (χ0v) is 14.6. The minimum atomic E-state index is -0.204. The molecule has 1 aromatic carbocycles. The molecule has 3 aromatic rings. The molecule has 2 aromatic heterocycles. The first-order valence-corrected chi connectivity index (χ1v) is 8.21. The van der Waals surface area contributed by atoms with Crippen LogP contribution in [0.5, 0.6) is 0 Å². The zero-order chi connectivity index (χ0) is 17.6. The van der Waals surface area contributed by atoms with E-state index in [-0.39, 0.29) is 5.91 Å². The van der Waals surface area contributed by atoms with Gasteiger partial charge in [-0.2, -0.15) is 0 Å². The molecule has 0 bridgehead atoms. The second kappa shape index (κ2) is 7.96. The summed E-state index contributed by atoms with van der Waals surface area (Å²) >= 11 is 11.8. The number of carbonyl (C=O) groups is 1. The van der Waals surface area contributed by atoms with Gasteiger partial charge >= 0.3 is 0 Å². The highest BCUT2D eigenvalue weighted by molar-refractivity contribution is 6.42. The van der Waals surface area contributed by atoms with E-state index in [1.807, 2.05) is 22.9 Å². The van der Waals surface area contributed by atoms with Crippen molar-refractivity contribution in [2.45, 2.75) is 6.54 Å². The van der Waals surface area contributed by atoms with Gasteiger partial charge in [-0.15, -0.1) is 0 Å². The molecule has 0 spiro atoms. The molecule has 0 radical (unpaired) electrons. The Bertz CT molecular complexity index is 890. The van der Waals surface area contributed by atoms with Gasteiger partial charge in [0.25, 0.3) is 0 Å². The summed E-state index contributed by atoms with van der Waals surface area (Å²) in [6, 6.07) is 8.96. The minimum Gasteiger partial charge on any atom is -0.348 e. The number of pyridine rings is 1. The first-order valence-electron chi connectivity index (χ1n) is 7.46. The first-order chi connectivity index (χ1) is 12.1. The number of imidazole rings is 1. The van der Waals surface area contributed by atoms with Crippen molar-refractivity contribution in [3.8, 4) is 5.82 Å². The van der Waals surface area contributed by atoms with Crippen LogP contribution in [-0.4, -0.2) is 20.4 Å². The lowest BCUT2D eigenvalue weighted by molar-refractivity contribution is -0.116. The lowest BCUT2D eigenvalue weighted by Crippen LogP contribution is -2.20. The second-order valence-corrected chi connectivity index (χ2v) is 6.03. The average Bonchev–Trinajstić information content (AvgIpc) is 3.16. The van der Waals surface area contributed by atoms with Gasteiger partial charge in [-0.25, -0.2) is 9.97 Å². The van der Waals surface area contributed by atoms with Crippen molar-refractivity contribution in [2.24, 2.45) is 0 Å². The van der Waals surface area contributed by atoms with E-state index in [0.29, 0.717) is 16.6 Å². The van der Waals surface area contributed by atoms with Gasteiger partial charge in [0.15, 0.2) is 0 Å². The van der Waals surface area contributed by atoms with Gasteiger partial charge in [0.05, 0.1) is 10.0 Å². The Morgan fingerprint density at radius 2 is 2.08 bits per heavy atom. The number of nitrogens with zero attached hydrogens (tertiary/aromatic N) is 3. The fraction of sp³-hybridized carbons (Fsp3) is 0.0556. The lowest BCUT2D eigenvalue weighted by atomic mass is 10.2. The highest BCUT2D eigenvalue weighted by Gasteiger charge is 2.01. The predicted octanol–water partition coefficient (Wildman–Crippen LogP) is 3.90. The Hall–Kier alpha value is -2.63. The number of hydrogen-bond donors (Lipinski definition) is 1. The van der Waals surface area contributed by atoms with Gasteiger partial charge in [0, 0.05) is 31.2 Å². The van der Waals surface area contributed by atoms with Crippen molar-refractivity contribution in [2.75, 3.05) is 0 Å². The fourth-order valence-corrected chi connectivity index (χ4v) is 2.41. The Morgan fingerprint density at radius 1 is 1.20 bits per heavy atom. The molecule has 25 heavy (non-hydrogen) atoms. The van der Waals surface area contributed by atoms with E-state index in [1.165, 1.54) is 6.08 Å². The van der Waals surface area contributed by atoms with Crippen LogP contribution in [-0.2, 0) is 11.3 Å². The zero-order valence-electron chi connectivity index (χ0n) is 13.1. The molecule has 126 valence electrons. The summed E-state index contributed by atoms with van der Waals surface area (Å²) in [5.74, 6) is 0.567. The summed E-state index contributed by atoms with van der Waals surface area (Å²) in [6.45, 7) is 0.391. The highest BCUT2D eigenvalue weighted by Crippen LogP contribution is 2.23. The molecule has 1 N–H and O–H groups in total. The third kappa shape index (κ3) is 4.68. The number of halogens is 2. The van der Waals surface area contributed by atoms with E-state index in [0.717, 1.165) is 16.9 Å². The summed E-state index contributed by atoms with van der Waals surface area (Å²) in [6.07, 6.45) is 10.0. The number of amides is 1. The maximum atomic E-state index is 11.9. The van der Waals surface area contributed by atoms with Crippen molar-refractivity contribution >= 4 is 35.2 Å². The maximum absolute atomic E-state index is 11.9. The van der Waals surface area contributed by atoms with Crippen molar-refractivity contribution in [1.29, 1.82) is 0 Å². The largest absolute Gasteiger partial charge is 0.348 e. The number of benzene rings is 1. The van der Waals surface area contributed by atoms with Crippen molar-refractivity contribution in [1.82, 2.24) is 19.9 Å². The van der Waals surface area contributed by atoms with Gasteiger partial charge in [-0.1, -0.05) is 35.3 Å². The molecule has 0 atom stereocenters. The molecule has 5 nitrogen and oxygen atoms in total. The standard InChI is InChI=1S/C18H14Cl2N4O/c19-15-4-1-13(9-16(15)20)3-6-18(25)23-11-14-2-5-17(22-10-14)24-8-7-21-12-24/h1-10,12H,11H2,(H,23,25)/b6-3+. The Kier molecular flexibility index (Phi) is 5.48. The molecule has 1 amide bonds. The Labute approximate surface area is 154 Å². The third-order valence-corrected chi connectivity index (χ3v) is 4.15. The number of carbonyl (C=O) groups excluding carboxylic acids is 1. The number of rotatable bonds is 5. The maximum Gasteiger partial charge on any atom is 0.244 e. The van der Waals surface area contributed by atoms with Crippen molar-refractivity contribution in [3.63, 3.8) is 0 Å².